The summed E-state index contributed by atoms with van der Waals surface area (Å²) in [5.41, 5.74) is 6.44. The molecule has 6 nitrogen and oxygen atoms in total. The topological polar surface area (TPSA) is 79.5 Å². The van der Waals surface area contributed by atoms with Crippen LogP contribution in [0.15, 0.2) is 48.7 Å². The molecule has 0 spiro atoms. The second kappa shape index (κ2) is 7.88. The number of H-pyrrole nitrogens is 1. The standard InChI is InChI=1S/C24H23N5O/c1-15-10-19(17(3)29(15)16(2)18-8-6-5-7-9-18)11-20(13-25)24-27-21-12-23(30-4)26-14-22(21)28-24/h5-12,14,16H,1-4H3,(H,27,28)/b20-11+. The quantitative estimate of drug-likeness (QED) is 0.478. The predicted octanol–water partition coefficient (Wildman–Crippen LogP) is 5.06. The number of nitrogens with one attached hydrogen (secondary N) is 1. The average molecular weight is 397 g/mol. The van der Waals surface area contributed by atoms with E-state index in [9.17, 15) is 5.26 Å². The Hall–Kier alpha value is -3.85. The molecule has 0 fully saturated rings. The van der Waals surface area contributed by atoms with Crippen LogP contribution in [0.2, 0.25) is 0 Å². The van der Waals surface area contributed by atoms with Crippen molar-refractivity contribution in [2.45, 2.75) is 26.8 Å². The summed E-state index contributed by atoms with van der Waals surface area (Å²) in [7, 11) is 1.56. The highest BCUT2D eigenvalue weighted by molar-refractivity contribution is 5.90. The van der Waals surface area contributed by atoms with Crippen molar-refractivity contribution in [1.82, 2.24) is 19.5 Å². The summed E-state index contributed by atoms with van der Waals surface area (Å²) < 4.78 is 7.45. The first-order chi connectivity index (χ1) is 14.5. The number of allylic oxidation sites excluding steroid dienone is 1. The number of aromatic nitrogens is 4. The highest BCUT2D eigenvalue weighted by Crippen LogP contribution is 2.28. The van der Waals surface area contributed by atoms with Crippen LogP contribution in [-0.4, -0.2) is 26.6 Å². The van der Waals surface area contributed by atoms with E-state index in [1.807, 2.05) is 12.1 Å². The molecular formula is C24H23N5O. The van der Waals surface area contributed by atoms with Gasteiger partial charge in [-0.1, -0.05) is 30.3 Å². The number of nitriles is 1. The number of methoxy groups -OCH3 is 1. The molecule has 0 aliphatic carbocycles. The Morgan fingerprint density at radius 2 is 2.00 bits per heavy atom. The lowest BCUT2D eigenvalue weighted by molar-refractivity contribution is 0.398. The summed E-state index contributed by atoms with van der Waals surface area (Å²) in [4.78, 5) is 11.9. The Balaban J connectivity index is 1.74. The van der Waals surface area contributed by atoms with Gasteiger partial charge < -0.3 is 14.3 Å². The third kappa shape index (κ3) is 3.46. The van der Waals surface area contributed by atoms with Crippen molar-refractivity contribution in [3.63, 3.8) is 0 Å². The molecular weight excluding hydrogens is 374 g/mol. The van der Waals surface area contributed by atoms with E-state index < -0.39 is 0 Å². The Labute approximate surface area is 175 Å². The normalized spacial score (nSPS) is 12.7. The molecule has 4 aromatic rings. The number of ether oxygens (including phenoxy) is 1. The molecule has 0 aliphatic rings. The van der Waals surface area contributed by atoms with Gasteiger partial charge in [0.1, 0.15) is 11.9 Å². The number of rotatable bonds is 5. The van der Waals surface area contributed by atoms with Crippen LogP contribution < -0.4 is 4.74 Å². The maximum atomic E-state index is 9.80. The van der Waals surface area contributed by atoms with Crippen LogP contribution in [0, 0.1) is 25.2 Å². The van der Waals surface area contributed by atoms with Crippen LogP contribution in [0.4, 0.5) is 0 Å². The molecule has 0 amide bonds. The summed E-state index contributed by atoms with van der Waals surface area (Å²) in [5, 5.41) is 9.80. The minimum absolute atomic E-state index is 0.198. The summed E-state index contributed by atoms with van der Waals surface area (Å²) in [6.45, 7) is 6.36. The maximum absolute atomic E-state index is 9.80. The number of hydrogen-bond donors (Lipinski definition) is 1. The van der Waals surface area contributed by atoms with E-state index in [0.717, 1.165) is 22.5 Å². The molecule has 1 unspecified atom stereocenters. The average Bonchev–Trinajstić information content (AvgIpc) is 3.31. The molecule has 3 heterocycles. The fraction of sp³-hybridized carbons (Fsp3) is 0.208. The lowest BCUT2D eigenvalue weighted by atomic mass is 10.1. The number of pyridine rings is 1. The minimum atomic E-state index is 0.198. The van der Waals surface area contributed by atoms with E-state index in [0.29, 0.717) is 22.8 Å². The van der Waals surface area contributed by atoms with Crippen molar-refractivity contribution in [3.05, 3.63) is 77.0 Å². The van der Waals surface area contributed by atoms with E-state index in [2.05, 4.69) is 76.7 Å². The van der Waals surface area contributed by atoms with Crippen LogP contribution >= 0.6 is 0 Å². The molecule has 0 aliphatic heterocycles. The monoisotopic (exact) mass is 397 g/mol. The van der Waals surface area contributed by atoms with Gasteiger partial charge in [0.2, 0.25) is 5.88 Å². The SMILES string of the molecule is COc1cc2nc(/C(C#N)=C/c3cc(C)n(C(C)c4ccccc4)c3C)[nH]c2cn1. The van der Waals surface area contributed by atoms with Crippen LogP contribution in [0.25, 0.3) is 22.7 Å². The molecule has 6 heteroatoms. The Bertz CT molecular complexity index is 1270. The van der Waals surface area contributed by atoms with Crippen LogP contribution in [-0.2, 0) is 0 Å². The number of imidazole rings is 1. The molecule has 1 aromatic carbocycles. The molecule has 0 saturated carbocycles. The van der Waals surface area contributed by atoms with E-state index >= 15 is 0 Å². The minimum Gasteiger partial charge on any atom is -0.481 e. The Morgan fingerprint density at radius 1 is 1.23 bits per heavy atom. The van der Waals surface area contributed by atoms with Crippen molar-refractivity contribution in [1.29, 1.82) is 5.26 Å². The highest BCUT2D eigenvalue weighted by atomic mass is 16.5. The first kappa shape index (κ1) is 19.5. The van der Waals surface area contributed by atoms with Gasteiger partial charge in [-0.2, -0.15) is 5.26 Å². The summed E-state index contributed by atoms with van der Waals surface area (Å²) in [6.07, 6.45) is 3.55. The zero-order valence-electron chi connectivity index (χ0n) is 17.5. The van der Waals surface area contributed by atoms with Gasteiger partial charge in [-0.25, -0.2) is 9.97 Å². The number of nitrogens with zero attached hydrogens (tertiary/aromatic N) is 4. The fourth-order valence-electron chi connectivity index (χ4n) is 3.86. The number of fused-ring (bicyclic) bond motifs is 1. The van der Waals surface area contributed by atoms with Gasteiger partial charge >= 0.3 is 0 Å². The molecule has 30 heavy (non-hydrogen) atoms. The van der Waals surface area contributed by atoms with Gasteiger partial charge in [-0.3, -0.25) is 0 Å². The molecule has 4 rings (SSSR count). The molecule has 0 saturated heterocycles. The van der Waals surface area contributed by atoms with Gasteiger partial charge in [0.25, 0.3) is 0 Å². The second-order valence-electron chi connectivity index (χ2n) is 7.28. The number of aryl methyl sites for hydroxylation is 1. The smallest absolute Gasteiger partial charge is 0.215 e. The summed E-state index contributed by atoms with van der Waals surface area (Å²) in [5.74, 6) is 1.00. The van der Waals surface area contributed by atoms with E-state index in [1.165, 1.54) is 5.56 Å². The Kier molecular flexibility index (Phi) is 5.11. The van der Waals surface area contributed by atoms with Gasteiger partial charge in [-0.15, -0.1) is 0 Å². The van der Waals surface area contributed by atoms with Gasteiger partial charge in [0.15, 0.2) is 0 Å². The molecule has 1 N–H and O–H groups in total. The van der Waals surface area contributed by atoms with Crippen molar-refractivity contribution in [2.75, 3.05) is 7.11 Å². The molecule has 150 valence electrons. The zero-order valence-corrected chi connectivity index (χ0v) is 17.5. The maximum Gasteiger partial charge on any atom is 0.215 e. The van der Waals surface area contributed by atoms with Crippen molar-refractivity contribution >= 4 is 22.7 Å². The number of benzene rings is 1. The summed E-state index contributed by atoms with van der Waals surface area (Å²) >= 11 is 0. The van der Waals surface area contributed by atoms with Crippen molar-refractivity contribution in [2.24, 2.45) is 0 Å². The lowest BCUT2D eigenvalue weighted by Gasteiger charge is -2.19. The first-order valence-corrected chi connectivity index (χ1v) is 9.77. The van der Waals surface area contributed by atoms with Gasteiger partial charge in [0.05, 0.1) is 36.0 Å². The third-order valence-corrected chi connectivity index (χ3v) is 5.42. The van der Waals surface area contributed by atoms with E-state index in [-0.39, 0.29) is 6.04 Å². The zero-order chi connectivity index (χ0) is 21.3. The second-order valence-corrected chi connectivity index (χ2v) is 7.28. The lowest BCUT2D eigenvalue weighted by Crippen LogP contribution is -2.10. The van der Waals surface area contributed by atoms with Crippen LogP contribution in [0.3, 0.4) is 0 Å². The van der Waals surface area contributed by atoms with Crippen molar-refractivity contribution < 1.29 is 4.74 Å². The molecule has 1 atom stereocenters. The van der Waals surface area contributed by atoms with Crippen molar-refractivity contribution in [3.8, 4) is 11.9 Å². The molecule has 0 radical (unpaired) electrons. The predicted molar refractivity (Wildman–Crippen MR) is 118 cm³/mol. The highest BCUT2D eigenvalue weighted by Gasteiger charge is 2.16. The van der Waals surface area contributed by atoms with E-state index in [4.69, 9.17) is 4.74 Å². The van der Waals surface area contributed by atoms with Gasteiger partial charge in [-0.05, 0) is 44.0 Å². The third-order valence-electron chi connectivity index (χ3n) is 5.42. The van der Waals surface area contributed by atoms with Crippen LogP contribution in [0.5, 0.6) is 5.88 Å². The van der Waals surface area contributed by atoms with Crippen LogP contribution in [0.1, 0.15) is 41.3 Å². The fourth-order valence-corrected chi connectivity index (χ4v) is 3.86. The van der Waals surface area contributed by atoms with E-state index in [1.54, 1.807) is 19.4 Å². The summed E-state index contributed by atoms with van der Waals surface area (Å²) in [6, 6.07) is 16.7. The number of aromatic amines is 1. The van der Waals surface area contributed by atoms with Gasteiger partial charge in [0, 0.05) is 17.5 Å². The number of hydrogen-bond acceptors (Lipinski definition) is 4. The molecule has 3 aromatic heterocycles. The largest absolute Gasteiger partial charge is 0.481 e. The first-order valence-electron chi connectivity index (χ1n) is 9.77. The molecule has 0 bridgehead atoms. The Morgan fingerprint density at radius 3 is 2.70 bits per heavy atom.